The first-order valence-electron chi connectivity index (χ1n) is 9.75. The van der Waals surface area contributed by atoms with Gasteiger partial charge in [0.05, 0.1) is 7.11 Å². The fourth-order valence-electron chi connectivity index (χ4n) is 2.92. The number of carbonyl (C=O) groups excluding carboxylic acids is 2. The Morgan fingerprint density at radius 2 is 1.79 bits per heavy atom. The summed E-state index contributed by atoms with van der Waals surface area (Å²) in [4.78, 5) is 26.9. The summed E-state index contributed by atoms with van der Waals surface area (Å²) < 4.78 is 11.0. The van der Waals surface area contributed by atoms with Crippen molar-refractivity contribution >= 4 is 11.8 Å². The summed E-state index contributed by atoms with van der Waals surface area (Å²) >= 11 is 0. The van der Waals surface area contributed by atoms with Crippen LogP contribution in [0.3, 0.4) is 0 Å². The molecule has 6 nitrogen and oxygen atoms in total. The van der Waals surface area contributed by atoms with E-state index in [0.29, 0.717) is 18.8 Å². The Morgan fingerprint density at radius 1 is 1.10 bits per heavy atom. The molecule has 0 fully saturated rings. The van der Waals surface area contributed by atoms with E-state index in [4.69, 9.17) is 9.47 Å². The second-order valence-electron chi connectivity index (χ2n) is 7.00. The highest BCUT2D eigenvalue weighted by Crippen LogP contribution is 2.20. The number of carbonyl (C=O) groups is 2. The van der Waals surface area contributed by atoms with Gasteiger partial charge in [-0.2, -0.15) is 0 Å². The number of nitrogens with zero attached hydrogens (tertiary/aromatic N) is 1. The zero-order chi connectivity index (χ0) is 21.4. The van der Waals surface area contributed by atoms with Crippen LogP contribution in [-0.4, -0.2) is 43.0 Å². The molecule has 1 atom stereocenters. The zero-order valence-electron chi connectivity index (χ0n) is 17.8. The van der Waals surface area contributed by atoms with Crippen LogP contribution in [0, 0.1) is 13.8 Å². The maximum absolute atomic E-state index is 13.0. The summed E-state index contributed by atoms with van der Waals surface area (Å²) in [5.74, 6) is 0.969. The van der Waals surface area contributed by atoms with Crippen LogP contribution < -0.4 is 14.8 Å². The van der Waals surface area contributed by atoms with Crippen molar-refractivity contribution in [1.29, 1.82) is 0 Å². The van der Waals surface area contributed by atoms with E-state index in [0.717, 1.165) is 22.4 Å². The van der Waals surface area contributed by atoms with Crippen molar-refractivity contribution in [2.75, 3.05) is 20.3 Å². The lowest BCUT2D eigenvalue weighted by molar-refractivity contribution is -0.142. The van der Waals surface area contributed by atoms with Crippen LogP contribution in [0.15, 0.2) is 42.5 Å². The van der Waals surface area contributed by atoms with Crippen LogP contribution in [0.25, 0.3) is 0 Å². The minimum absolute atomic E-state index is 0.135. The smallest absolute Gasteiger partial charge is 0.261 e. The van der Waals surface area contributed by atoms with Crippen LogP contribution >= 0.6 is 0 Å². The standard InChI is InChI=1S/C23H30N2O4/c1-6-24-23(27)18(4)25(14-19-9-11-20(28-5)12-10-19)22(26)15-29-21-13-16(2)7-8-17(21)3/h7-13,18H,6,14-15H2,1-5H3,(H,24,27)/t18-/m0/s1. The Morgan fingerprint density at radius 3 is 2.41 bits per heavy atom. The highest BCUT2D eigenvalue weighted by molar-refractivity contribution is 5.87. The number of amides is 2. The molecule has 2 amide bonds. The predicted molar refractivity (Wildman–Crippen MR) is 113 cm³/mol. The normalized spacial score (nSPS) is 11.5. The van der Waals surface area contributed by atoms with Crippen LogP contribution in [-0.2, 0) is 16.1 Å². The average molecular weight is 399 g/mol. The van der Waals surface area contributed by atoms with Crippen LogP contribution in [0.4, 0.5) is 0 Å². The van der Waals surface area contributed by atoms with E-state index in [2.05, 4.69) is 5.32 Å². The summed E-state index contributed by atoms with van der Waals surface area (Å²) in [6.07, 6.45) is 0. The van der Waals surface area contributed by atoms with Gasteiger partial charge >= 0.3 is 0 Å². The highest BCUT2D eigenvalue weighted by Gasteiger charge is 2.26. The van der Waals surface area contributed by atoms with Crippen molar-refractivity contribution < 1.29 is 19.1 Å². The number of methoxy groups -OCH3 is 1. The lowest BCUT2D eigenvalue weighted by Gasteiger charge is -2.28. The summed E-state index contributed by atoms with van der Waals surface area (Å²) in [6.45, 7) is 8.16. The molecule has 0 radical (unpaired) electrons. The van der Waals surface area contributed by atoms with Gasteiger partial charge in [-0.25, -0.2) is 0 Å². The van der Waals surface area contributed by atoms with Gasteiger partial charge in [0, 0.05) is 13.1 Å². The largest absolute Gasteiger partial charge is 0.497 e. The van der Waals surface area contributed by atoms with Gasteiger partial charge in [0.1, 0.15) is 17.5 Å². The van der Waals surface area contributed by atoms with Crippen molar-refractivity contribution in [2.24, 2.45) is 0 Å². The molecule has 0 bridgehead atoms. The van der Waals surface area contributed by atoms with Gasteiger partial charge in [-0.1, -0.05) is 24.3 Å². The van der Waals surface area contributed by atoms with Gasteiger partial charge in [0.2, 0.25) is 5.91 Å². The molecular formula is C23H30N2O4. The fraction of sp³-hybridized carbons (Fsp3) is 0.391. The highest BCUT2D eigenvalue weighted by atomic mass is 16.5. The van der Waals surface area contributed by atoms with Crippen LogP contribution in [0.2, 0.25) is 0 Å². The van der Waals surface area contributed by atoms with Crippen LogP contribution in [0.5, 0.6) is 11.5 Å². The first-order valence-corrected chi connectivity index (χ1v) is 9.75. The fourth-order valence-corrected chi connectivity index (χ4v) is 2.92. The Kier molecular flexibility index (Phi) is 8.07. The number of ether oxygens (including phenoxy) is 2. The number of hydrogen-bond acceptors (Lipinski definition) is 4. The molecule has 1 N–H and O–H groups in total. The van der Waals surface area contributed by atoms with E-state index in [9.17, 15) is 9.59 Å². The van der Waals surface area contributed by atoms with Crippen molar-refractivity contribution in [2.45, 2.75) is 40.3 Å². The number of likely N-dealkylation sites (N-methyl/N-ethyl adjacent to an activating group) is 1. The third kappa shape index (κ3) is 6.24. The van der Waals surface area contributed by atoms with E-state index in [1.54, 1.807) is 14.0 Å². The Balaban J connectivity index is 2.16. The van der Waals surface area contributed by atoms with E-state index in [1.807, 2.05) is 63.2 Å². The Hall–Kier alpha value is -3.02. The Labute approximate surface area is 172 Å². The molecule has 156 valence electrons. The first kappa shape index (κ1) is 22.3. The molecule has 0 aliphatic heterocycles. The molecule has 6 heteroatoms. The predicted octanol–water partition coefficient (Wildman–Crippen LogP) is 3.24. The van der Waals surface area contributed by atoms with Crippen molar-refractivity contribution in [1.82, 2.24) is 10.2 Å². The van der Waals surface area contributed by atoms with Crippen molar-refractivity contribution in [3.8, 4) is 11.5 Å². The van der Waals surface area contributed by atoms with Gasteiger partial charge in [0.15, 0.2) is 6.61 Å². The maximum Gasteiger partial charge on any atom is 0.261 e. The van der Waals surface area contributed by atoms with Crippen molar-refractivity contribution in [3.05, 3.63) is 59.2 Å². The summed E-state index contributed by atoms with van der Waals surface area (Å²) in [6, 6.07) is 12.7. The molecule has 0 saturated heterocycles. The monoisotopic (exact) mass is 398 g/mol. The lowest BCUT2D eigenvalue weighted by Crippen LogP contribution is -2.49. The second-order valence-corrected chi connectivity index (χ2v) is 7.00. The molecule has 0 aliphatic rings. The molecule has 0 aliphatic carbocycles. The summed E-state index contributed by atoms with van der Waals surface area (Å²) in [5, 5.41) is 2.78. The van der Waals surface area contributed by atoms with E-state index in [-0.39, 0.29) is 18.4 Å². The van der Waals surface area contributed by atoms with E-state index >= 15 is 0 Å². The number of rotatable bonds is 9. The minimum Gasteiger partial charge on any atom is -0.497 e. The molecule has 0 saturated carbocycles. The van der Waals surface area contributed by atoms with E-state index < -0.39 is 6.04 Å². The summed E-state index contributed by atoms with van der Waals surface area (Å²) in [5.41, 5.74) is 2.92. The number of hydrogen-bond donors (Lipinski definition) is 1. The minimum atomic E-state index is -0.619. The average Bonchev–Trinajstić information content (AvgIpc) is 2.72. The molecule has 0 aromatic heterocycles. The molecular weight excluding hydrogens is 368 g/mol. The molecule has 0 unspecified atom stereocenters. The molecule has 29 heavy (non-hydrogen) atoms. The molecule has 2 aromatic carbocycles. The summed E-state index contributed by atoms with van der Waals surface area (Å²) in [7, 11) is 1.60. The lowest BCUT2D eigenvalue weighted by atomic mass is 10.1. The van der Waals surface area contributed by atoms with Gasteiger partial charge in [0.25, 0.3) is 5.91 Å². The van der Waals surface area contributed by atoms with Crippen LogP contribution in [0.1, 0.15) is 30.5 Å². The molecule has 0 spiro atoms. The third-order valence-electron chi connectivity index (χ3n) is 4.73. The first-order chi connectivity index (χ1) is 13.8. The number of benzene rings is 2. The van der Waals surface area contributed by atoms with Gasteiger partial charge < -0.3 is 19.7 Å². The third-order valence-corrected chi connectivity index (χ3v) is 4.73. The maximum atomic E-state index is 13.0. The SMILES string of the molecule is CCNC(=O)[C@H](C)N(Cc1ccc(OC)cc1)C(=O)COc1cc(C)ccc1C. The zero-order valence-corrected chi connectivity index (χ0v) is 17.8. The number of nitrogens with one attached hydrogen (secondary N) is 1. The second kappa shape index (κ2) is 10.5. The molecule has 2 rings (SSSR count). The molecule has 2 aromatic rings. The van der Waals surface area contributed by atoms with Gasteiger partial charge in [-0.05, 0) is 62.6 Å². The number of aryl methyl sites for hydroxylation is 2. The van der Waals surface area contributed by atoms with Gasteiger partial charge in [-0.3, -0.25) is 9.59 Å². The quantitative estimate of drug-likeness (QED) is 0.704. The van der Waals surface area contributed by atoms with Crippen molar-refractivity contribution in [3.63, 3.8) is 0 Å². The topological polar surface area (TPSA) is 67.9 Å². The molecule has 0 heterocycles. The van der Waals surface area contributed by atoms with E-state index in [1.165, 1.54) is 4.90 Å². The Bertz CT molecular complexity index is 833. The van der Waals surface area contributed by atoms with Gasteiger partial charge in [-0.15, -0.1) is 0 Å².